The van der Waals surface area contributed by atoms with Gasteiger partial charge in [-0.1, -0.05) is 13.3 Å². The fraction of sp³-hybridized carbons (Fsp3) is 0.238. The lowest BCUT2D eigenvalue weighted by Gasteiger charge is -2.04. The molecule has 0 fully saturated rings. The van der Waals surface area contributed by atoms with Crippen LogP contribution in [-0.4, -0.2) is 12.9 Å². The van der Waals surface area contributed by atoms with Crippen LogP contribution in [0.25, 0.3) is 11.0 Å². The number of rotatable bonds is 6. The molecule has 0 bridgehead atoms. The first-order valence-corrected chi connectivity index (χ1v) is 8.32. The Kier molecular flexibility index (Phi) is 4.85. The second kappa shape index (κ2) is 7.23. The first-order valence-electron chi connectivity index (χ1n) is 8.32. The van der Waals surface area contributed by atoms with Crippen LogP contribution in [0.4, 0.5) is 0 Å². The Labute approximate surface area is 146 Å². The number of carbonyl (C=O) groups excluding carboxylic acids is 1. The smallest absolute Gasteiger partial charge is 0.197 e. The van der Waals surface area contributed by atoms with E-state index in [4.69, 9.17) is 9.15 Å². The molecule has 0 amide bonds. The van der Waals surface area contributed by atoms with Crippen molar-refractivity contribution < 1.29 is 13.9 Å². The molecule has 0 saturated heterocycles. The number of hydrogen-bond acceptors (Lipinski definition) is 4. The molecule has 0 saturated carbocycles. The maximum Gasteiger partial charge on any atom is 0.197 e. The molecule has 3 rings (SSSR count). The first-order chi connectivity index (χ1) is 12.2. The normalized spacial score (nSPS) is 10.6. The Bertz CT molecular complexity index is 946. The van der Waals surface area contributed by atoms with Gasteiger partial charge >= 0.3 is 0 Å². The monoisotopic (exact) mass is 333 g/mol. The van der Waals surface area contributed by atoms with E-state index in [0.29, 0.717) is 45.6 Å². The first kappa shape index (κ1) is 16.8. The number of ketones is 1. The average molecular weight is 333 g/mol. The van der Waals surface area contributed by atoms with Crippen LogP contribution < -0.4 is 4.74 Å². The number of ether oxygens (including phenoxy) is 1. The molecule has 0 aliphatic carbocycles. The Morgan fingerprint density at radius 2 is 1.96 bits per heavy atom. The van der Waals surface area contributed by atoms with E-state index < -0.39 is 0 Å². The number of unbranched alkanes of at least 4 members (excludes halogenated alkanes) is 1. The number of nitrogens with zero attached hydrogens (tertiary/aromatic N) is 1. The van der Waals surface area contributed by atoms with Gasteiger partial charge in [-0.15, -0.1) is 0 Å². The molecule has 0 aliphatic rings. The van der Waals surface area contributed by atoms with E-state index in [1.807, 2.05) is 0 Å². The van der Waals surface area contributed by atoms with Gasteiger partial charge in [0.1, 0.15) is 17.1 Å². The summed E-state index contributed by atoms with van der Waals surface area (Å²) in [4.78, 5) is 13.1. The summed E-state index contributed by atoms with van der Waals surface area (Å²) < 4.78 is 11.1. The van der Waals surface area contributed by atoms with Crippen molar-refractivity contribution in [3.8, 4) is 11.8 Å². The molecular weight excluding hydrogens is 314 g/mol. The number of furan rings is 1. The Morgan fingerprint density at radius 1 is 1.20 bits per heavy atom. The van der Waals surface area contributed by atoms with Crippen LogP contribution in [0.2, 0.25) is 0 Å². The van der Waals surface area contributed by atoms with Gasteiger partial charge in [0.15, 0.2) is 5.78 Å². The molecule has 1 heterocycles. The van der Waals surface area contributed by atoms with Crippen LogP contribution in [0, 0.1) is 11.3 Å². The topological polar surface area (TPSA) is 63.2 Å². The van der Waals surface area contributed by atoms with Crippen molar-refractivity contribution in [2.24, 2.45) is 0 Å². The van der Waals surface area contributed by atoms with Crippen LogP contribution in [0.3, 0.4) is 0 Å². The highest BCUT2D eigenvalue weighted by atomic mass is 16.5. The molecule has 126 valence electrons. The highest BCUT2D eigenvalue weighted by Gasteiger charge is 2.22. The molecule has 2 aromatic carbocycles. The highest BCUT2D eigenvalue weighted by molar-refractivity contribution is 6.17. The summed E-state index contributed by atoms with van der Waals surface area (Å²) in [5, 5.41) is 9.87. The minimum absolute atomic E-state index is 0.0948. The van der Waals surface area contributed by atoms with Gasteiger partial charge in [-0.3, -0.25) is 4.79 Å². The third-order valence-electron chi connectivity index (χ3n) is 4.23. The van der Waals surface area contributed by atoms with Crippen molar-refractivity contribution in [2.75, 3.05) is 7.11 Å². The lowest BCUT2D eigenvalue weighted by atomic mass is 9.97. The van der Waals surface area contributed by atoms with Crippen molar-refractivity contribution in [3.63, 3.8) is 0 Å². The predicted octanol–water partition coefficient (Wildman–Crippen LogP) is 4.89. The predicted molar refractivity (Wildman–Crippen MR) is 96.0 cm³/mol. The number of benzene rings is 2. The van der Waals surface area contributed by atoms with Crippen molar-refractivity contribution >= 4 is 16.8 Å². The van der Waals surface area contributed by atoms with Crippen LogP contribution in [0.1, 0.15) is 47.0 Å². The summed E-state index contributed by atoms with van der Waals surface area (Å²) in [5.74, 6) is 1.29. The fourth-order valence-corrected chi connectivity index (χ4v) is 2.87. The fourth-order valence-electron chi connectivity index (χ4n) is 2.87. The molecule has 0 aliphatic heterocycles. The Balaban J connectivity index is 2.13. The molecule has 0 spiro atoms. The van der Waals surface area contributed by atoms with E-state index in [0.717, 1.165) is 12.8 Å². The van der Waals surface area contributed by atoms with Crippen molar-refractivity contribution in [2.45, 2.75) is 26.2 Å². The maximum absolute atomic E-state index is 13.1. The Hall–Kier alpha value is -3.06. The third kappa shape index (κ3) is 3.27. The van der Waals surface area contributed by atoms with Crippen LogP contribution in [0.15, 0.2) is 46.9 Å². The zero-order valence-corrected chi connectivity index (χ0v) is 14.3. The number of carbonyl (C=O) groups is 1. The molecule has 0 atom stereocenters. The van der Waals surface area contributed by atoms with Gasteiger partial charge in [0.25, 0.3) is 0 Å². The number of nitriles is 1. The standard InChI is InChI=1S/C21H19NO3/c1-3-4-5-19-20(17-12-14(13-22)6-11-18(17)25-19)21(23)15-7-9-16(24-2)10-8-15/h6-12H,3-5H2,1-2H3. The molecule has 4 nitrogen and oxygen atoms in total. The van der Waals surface area contributed by atoms with Crippen LogP contribution in [0.5, 0.6) is 5.75 Å². The average Bonchev–Trinajstić information content (AvgIpc) is 3.03. The number of fused-ring (bicyclic) bond motifs is 1. The molecule has 25 heavy (non-hydrogen) atoms. The van der Waals surface area contributed by atoms with E-state index in [2.05, 4.69) is 13.0 Å². The lowest BCUT2D eigenvalue weighted by molar-refractivity contribution is 0.103. The van der Waals surface area contributed by atoms with E-state index >= 15 is 0 Å². The quantitative estimate of drug-likeness (QED) is 0.603. The van der Waals surface area contributed by atoms with Crippen molar-refractivity contribution in [3.05, 3.63) is 64.9 Å². The van der Waals surface area contributed by atoms with Gasteiger partial charge in [-0.2, -0.15) is 5.26 Å². The summed E-state index contributed by atoms with van der Waals surface area (Å²) in [7, 11) is 1.59. The van der Waals surface area contributed by atoms with Gasteiger partial charge in [0.2, 0.25) is 0 Å². The highest BCUT2D eigenvalue weighted by Crippen LogP contribution is 2.30. The summed E-state index contributed by atoms with van der Waals surface area (Å²) >= 11 is 0. The summed E-state index contributed by atoms with van der Waals surface area (Å²) in [5.41, 5.74) is 2.29. The minimum Gasteiger partial charge on any atom is -0.497 e. The molecule has 1 aromatic heterocycles. The van der Waals surface area contributed by atoms with E-state index in [9.17, 15) is 10.1 Å². The van der Waals surface area contributed by atoms with Crippen molar-refractivity contribution in [1.82, 2.24) is 0 Å². The molecule has 0 unspecified atom stereocenters. The SMILES string of the molecule is CCCCc1oc2ccc(C#N)cc2c1C(=O)c1ccc(OC)cc1. The summed E-state index contributed by atoms with van der Waals surface area (Å²) in [6.07, 6.45) is 2.65. The molecule has 4 heteroatoms. The van der Waals surface area contributed by atoms with E-state index in [-0.39, 0.29) is 5.78 Å². The number of hydrogen-bond donors (Lipinski definition) is 0. The van der Waals surface area contributed by atoms with Gasteiger partial charge < -0.3 is 9.15 Å². The molecule has 0 N–H and O–H groups in total. The molecular formula is C21H19NO3. The van der Waals surface area contributed by atoms with Gasteiger partial charge in [-0.05, 0) is 48.9 Å². The molecule has 0 radical (unpaired) electrons. The van der Waals surface area contributed by atoms with E-state index in [1.54, 1.807) is 49.6 Å². The minimum atomic E-state index is -0.0948. The maximum atomic E-state index is 13.1. The summed E-state index contributed by atoms with van der Waals surface area (Å²) in [6.45, 7) is 2.10. The number of aryl methyl sites for hydroxylation is 1. The summed E-state index contributed by atoms with van der Waals surface area (Å²) in [6, 6.07) is 14.3. The van der Waals surface area contributed by atoms with Crippen LogP contribution in [-0.2, 0) is 6.42 Å². The second-order valence-corrected chi connectivity index (χ2v) is 5.88. The van der Waals surface area contributed by atoms with E-state index in [1.165, 1.54) is 0 Å². The Morgan fingerprint density at radius 3 is 2.60 bits per heavy atom. The largest absolute Gasteiger partial charge is 0.497 e. The zero-order valence-electron chi connectivity index (χ0n) is 14.3. The van der Waals surface area contributed by atoms with Crippen molar-refractivity contribution in [1.29, 1.82) is 5.26 Å². The van der Waals surface area contributed by atoms with Gasteiger partial charge in [-0.25, -0.2) is 0 Å². The van der Waals surface area contributed by atoms with Gasteiger partial charge in [0.05, 0.1) is 24.3 Å². The van der Waals surface area contributed by atoms with Crippen LogP contribution >= 0.6 is 0 Å². The zero-order chi connectivity index (χ0) is 17.8. The lowest BCUT2D eigenvalue weighted by Crippen LogP contribution is -2.04. The van der Waals surface area contributed by atoms with Gasteiger partial charge in [0, 0.05) is 17.4 Å². The number of methoxy groups -OCH3 is 1. The third-order valence-corrected chi connectivity index (χ3v) is 4.23. The second-order valence-electron chi connectivity index (χ2n) is 5.88. The molecule has 3 aromatic rings.